The highest BCUT2D eigenvalue weighted by molar-refractivity contribution is 5.98. The number of carbonyl (C=O) groups is 2. The van der Waals surface area contributed by atoms with Gasteiger partial charge >= 0.3 is 30.3 Å². The second-order valence-electron chi connectivity index (χ2n) is 23.7. The Hall–Kier alpha value is -8.74. The number of hydrogen-bond acceptors (Lipinski definition) is 14. The maximum atomic E-state index is 11.8. The Kier molecular flexibility index (Phi) is 27.4. The maximum absolute atomic E-state index is 11.8. The van der Waals surface area contributed by atoms with Crippen molar-refractivity contribution in [2.24, 2.45) is 5.92 Å². The van der Waals surface area contributed by atoms with E-state index in [2.05, 4.69) is 154 Å². The summed E-state index contributed by atoms with van der Waals surface area (Å²) in [5.41, 5.74) is 21.8. The van der Waals surface area contributed by atoms with E-state index in [-0.39, 0.29) is 37.4 Å². The van der Waals surface area contributed by atoms with Crippen molar-refractivity contribution < 1.29 is 50.5 Å². The summed E-state index contributed by atoms with van der Waals surface area (Å²) in [6.45, 7) is 32.9. The molecular weight excluding hydrogens is 1200 g/mol. The standard InChI is InChI=1S/2C24H29N5O.C10H13F3N2O.C7H13N.C4H3F3O2/c2*1-16-6-3-7-17-8-4-10-21(22(16)17)29-13-11-19-20(14-29)26-24(27-23(19)25)30-15-18-9-5-12-28(18)2;1-4-15(8(2)7-14-3)9(16)5-6-10(11,12)13;1-4-5-7(2)6-8-3;5-4(6,7)2-1-3(8)9/h2*3-4,6-8,10,18H,5,9,11-15H2,1-2H3,(H2,25,26,27);5-6,8H,4,7H2,1-2H3;7H,4-6H2,1-2H3;1-2H,(H,8,9)/b;;6-5+;;2-1+/t2*18-;8-;7-;/m0010./s1. The number of carboxylic acids is 1. The van der Waals surface area contributed by atoms with Crippen molar-refractivity contribution in [1.29, 1.82) is 0 Å². The lowest BCUT2D eigenvalue weighted by atomic mass is 10.00. The molecule has 6 heterocycles. The van der Waals surface area contributed by atoms with Crippen LogP contribution in [-0.4, -0.2) is 155 Å². The molecule has 2 fully saturated rings. The van der Waals surface area contributed by atoms with Gasteiger partial charge in [-0.2, -0.15) is 46.3 Å². The second kappa shape index (κ2) is 34.8. The number of likely N-dealkylation sites (tertiary alicyclic amines) is 2. The summed E-state index contributed by atoms with van der Waals surface area (Å²) in [5, 5.41) is 12.9. The van der Waals surface area contributed by atoms with Gasteiger partial charge in [-0.15, -0.1) is 0 Å². The molecule has 2 aromatic heterocycles. The number of halogens is 6. The molecule has 0 aliphatic carbocycles. The molecule has 93 heavy (non-hydrogen) atoms. The highest BCUT2D eigenvalue weighted by Crippen LogP contribution is 2.36. The Labute approximate surface area is 541 Å². The summed E-state index contributed by atoms with van der Waals surface area (Å²) in [7, 11) is 4.29. The van der Waals surface area contributed by atoms with Crippen LogP contribution in [0.1, 0.15) is 99.9 Å². The van der Waals surface area contributed by atoms with Gasteiger partial charge < -0.3 is 60.2 Å². The molecule has 0 bridgehead atoms. The number of nitrogens with two attached hydrogens (primary N) is 2. The minimum atomic E-state index is -4.53. The van der Waals surface area contributed by atoms with Gasteiger partial charge in [-0.25, -0.2) is 17.9 Å². The summed E-state index contributed by atoms with van der Waals surface area (Å²) < 4.78 is 80.6. The Morgan fingerprint density at radius 3 is 1.47 bits per heavy atom. The van der Waals surface area contributed by atoms with Crippen LogP contribution >= 0.6 is 0 Å². The number of rotatable bonds is 16. The quantitative estimate of drug-likeness (QED) is 0.0469. The number of anilines is 4. The third-order valence-electron chi connectivity index (χ3n) is 16.7. The number of aryl methyl sites for hydroxylation is 2. The van der Waals surface area contributed by atoms with Gasteiger partial charge in [0.15, 0.2) is 0 Å². The number of carbonyl (C=O) groups excluding carboxylic acids is 1. The summed E-state index contributed by atoms with van der Waals surface area (Å²) in [4.78, 5) is 56.4. The zero-order valence-electron chi connectivity index (χ0n) is 54.4. The van der Waals surface area contributed by atoms with Crippen LogP contribution in [0.15, 0.2) is 97.1 Å². The van der Waals surface area contributed by atoms with Crippen LogP contribution in [0.4, 0.5) is 49.4 Å². The van der Waals surface area contributed by atoms with Crippen LogP contribution in [0.25, 0.3) is 31.2 Å². The van der Waals surface area contributed by atoms with E-state index in [9.17, 15) is 35.9 Å². The number of alkyl halides is 6. The number of likely N-dealkylation sites (N-methyl/N-ethyl adjacent to an activating group) is 3. The van der Waals surface area contributed by atoms with Gasteiger partial charge in [0.2, 0.25) is 19.0 Å². The topological polar surface area (TPSA) is 201 Å². The third-order valence-corrected chi connectivity index (χ3v) is 16.7. The number of aliphatic carboxylic acids is 1. The van der Waals surface area contributed by atoms with E-state index >= 15 is 0 Å². The lowest BCUT2D eigenvalue weighted by Gasteiger charge is -2.32. The molecule has 10 rings (SSSR count). The van der Waals surface area contributed by atoms with Gasteiger partial charge in [0.05, 0.1) is 24.5 Å². The third kappa shape index (κ3) is 22.0. The van der Waals surface area contributed by atoms with Crippen LogP contribution in [0, 0.1) is 32.9 Å². The first-order valence-electron chi connectivity index (χ1n) is 31.4. The Morgan fingerprint density at radius 1 is 0.677 bits per heavy atom. The first-order chi connectivity index (χ1) is 44.2. The predicted octanol–water partition coefficient (Wildman–Crippen LogP) is 12.9. The number of ether oxygens (including phenoxy) is 2. The smallest absolute Gasteiger partial charge is 0.410 e. The van der Waals surface area contributed by atoms with Crippen LogP contribution in [0.2, 0.25) is 0 Å². The molecule has 4 aromatic carbocycles. The molecule has 0 unspecified atom stereocenters. The number of benzene rings is 4. The fourth-order valence-electron chi connectivity index (χ4n) is 11.8. The number of aromatic nitrogens is 4. The molecule has 0 saturated carbocycles. The number of fused-ring (bicyclic) bond motifs is 4. The molecule has 4 aliphatic heterocycles. The number of nitrogens with zero attached hydrogens (tertiary/aromatic N) is 11. The first-order valence-corrected chi connectivity index (χ1v) is 31.4. The van der Waals surface area contributed by atoms with Crippen molar-refractivity contribution in [3.63, 3.8) is 0 Å². The monoisotopic (exact) mass is 1290 g/mol. The molecular formula is C69H87F6N13O5. The van der Waals surface area contributed by atoms with Crippen LogP contribution < -0.4 is 30.7 Å². The van der Waals surface area contributed by atoms with Gasteiger partial charge in [0.25, 0.3) is 0 Å². The molecule has 24 heteroatoms. The lowest BCUT2D eigenvalue weighted by Crippen LogP contribution is -2.39. The van der Waals surface area contributed by atoms with E-state index in [1.807, 2.05) is 0 Å². The van der Waals surface area contributed by atoms with E-state index in [1.165, 1.54) is 74.6 Å². The van der Waals surface area contributed by atoms with Crippen molar-refractivity contribution in [2.45, 2.75) is 136 Å². The van der Waals surface area contributed by atoms with Gasteiger partial charge in [-0.1, -0.05) is 80.9 Å². The SMILES string of the molecule is Cc1cccc2cccc(N3CCc4c(N)nc(OC[C@@H]5CCCN5C)nc4C3)c12.Cc1cccc2cccc(N3CCc4c(N)nc(OC[C@@H]5CCCN5C)nc4C3)c12.O=C(O)/C=C/C(F)(F)F.[C-]#[N+]C[C@@H](C)CCC.[C-]#[N+]C[C@@H](C)N(CC)C(=O)/C=C/C(F)(F)F. The molecule has 4 atom stereocenters. The summed E-state index contributed by atoms with van der Waals surface area (Å²) >= 11 is 0. The van der Waals surface area contributed by atoms with Crippen molar-refractivity contribution in [2.75, 3.05) is 94.4 Å². The van der Waals surface area contributed by atoms with Gasteiger partial charge in [0, 0.05) is 95.2 Å². The zero-order chi connectivity index (χ0) is 68.0. The molecule has 2 saturated heterocycles. The molecule has 0 radical (unpaired) electrons. The van der Waals surface area contributed by atoms with Crippen molar-refractivity contribution >= 4 is 56.4 Å². The van der Waals surface area contributed by atoms with Gasteiger partial charge in [-0.05, 0) is 134 Å². The van der Waals surface area contributed by atoms with E-state index in [1.54, 1.807) is 13.8 Å². The Morgan fingerprint density at radius 2 is 1.11 bits per heavy atom. The molecule has 6 aromatic rings. The number of hydrogen-bond donors (Lipinski definition) is 3. The minimum absolute atomic E-state index is 0.0417. The van der Waals surface area contributed by atoms with E-state index in [4.69, 9.17) is 49.2 Å². The fraction of sp³-hybridized carbons (Fsp3) is 0.478. The first kappa shape index (κ1) is 73.3. The van der Waals surface area contributed by atoms with Crippen LogP contribution in [0.5, 0.6) is 12.0 Å². The molecule has 0 spiro atoms. The van der Waals surface area contributed by atoms with Crippen molar-refractivity contribution in [3.05, 3.63) is 154 Å². The van der Waals surface area contributed by atoms with Gasteiger partial charge in [-0.3, -0.25) is 4.79 Å². The molecule has 4 aliphatic rings. The number of amides is 1. The predicted molar refractivity (Wildman–Crippen MR) is 354 cm³/mol. The van der Waals surface area contributed by atoms with E-state index in [0.29, 0.717) is 67.5 Å². The number of nitrogen functional groups attached to an aromatic ring is 2. The Bertz CT molecular complexity index is 3430. The maximum Gasteiger partial charge on any atom is 0.410 e. The Balaban J connectivity index is 0.000000203. The highest BCUT2D eigenvalue weighted by Gasteiger charge is 2.29. The van der Waals surface area contributed by atoms with Gasteiger partial charge in [0.1, 0.15) is 30.9 Å². The van der Waals surface area contributed by atoms with E-state index in [0.717, 1.165) is 87.5 Å². The lowest BCUT2D eigenvalue weighted by molar-refractivity contribution is -0.132. The summed E-state index contributed by atoms with van der Waals surface area (Å²) in [5.74, 6) is -0.604. The number of allylic oxidation sites excluding steroid dienone is 2. The van der Waals surface area contributed by atoms with E-state index < -0.39 is 24.2 Å². The highest BCUT2D eigenvalue weighted by atomic mass is 19.4. The van der Waals surface area contributed by atoms with Crippen LogP contribution in [0.3, 0.4) is 0 Å². The van der Waals surface area contributed by atoms with Crippen molar-refractivity contribution in [3.8, 4) is 12.0 Å². The van der Waals surface area contributed by atoms with Crippen molar-refractivity contribution in [1.82, 2.24) is 34.6 Å². The minimum Gasteiger partial charge on any atom is -0.478 e. The van der Waals surface area contributed by atoms with Crippen LogP contribution in [-0.2, 0) is 35.5 Å². The zero-order valence-corrected chi connectivity index (χ0v) is 54.4. The summed E-state index contributed by atoms with van der Waals surface area (Å²) in [6.07, 6.45) is -0.0773. The number of carboxylic acid groups (broad SMARTS) is 1. The summed E-state index contributed by atoms with van der Waals surface area (Å²) in [6, 6.07) is 27.3. The largest absolute Gasteiger partial charge is 0.478 e. The molecule has 5 N–H and O–H groups in total. The molecule has 500 valence electrons. The normalized spacial score (nSPS) is 17.0. The second-order valence-corrected chi connectivity index (χ2v) is 23.7. The average molecular weight is 1290 g/mol. The average Bonchev–Trinajstić information content (AvgIpc) is 0.846. The molecule has 1 amide bonds. The molecule has 18 nitrogen and oxygen atoms in total. The fourth-order valence-corrected chi connectivity index (χ4v) is 11.8.